The molecule has 4 unspecified atom stereocenters. The van der Waals surface area contributed by atoms with Gasteiger partial charge in [0.1, 0.15) is 6.61 Å². The first-order valence-electron chi connectivity index (χ1n) is 9.59. The van der Waals surface area contributed by atoms with E-state index in [0.29, 0.717) is 17.8 Å². The molecular weight excluding hydrogens is 312 g/mol. The van der Waals surface area contributed by atoms with Crippen molar-refractivity contribution in [1.82, 2.24) is 0 Å². The fourth-order valence-electron chi connectivity index (χ4n) is 6.67. The Morgan fingerprint density at radius 1 is 1.36 bits per heavy atom. The molecule has 0 aliphatic heterocycles. The summed E-state index contributed by atoms with van der Waals surface area (Å²) in [6.45, 7) is 6.35. The molecule has 0 aromatic carbocycles. The highest BCUT2D eigenvalue weighted by atomic mass is 16.3. The molecule has 4 rings (SSSR count). The molecule has 0 amide bonds. The Bertz CT molecular complexity index is 728. The molecule has 2 saturated carbocycles. The summed E-state index contributed by atoms with van der Waals surface area (Å²) in [6, 6.07) is 0. The Labute approximate surface area is 149 Å². The van der Waals surface area contributed by atoms with Crippen molar-refractivity contribution in [1.29, 1.82) is 0 Å². The molecule has 134 valence electrons. The highest BCUT2D eigenvalue weighted by Crippen LogP contribution is 2.65. The lowest BCUT2D eigenvalue weighted by Gasteiger charge is -2.52. The molecule has 0 radical (unpaired) electrons. The van der Waals surface area contributed by atoms with E-state index in [-0.39, 0.29) is 34.9 Å². The van der Waals surface area contributed by atoms with E-state index in [0.717, 1.165) is 25.7 Å². The Kier molecular flexibility index (Phi) is 3.74. The lowest BCUT2D eigenvalue weighted by atomic mass is 9.52. The SMILES string of the molecule is C[C@H]1CC2C3CCC4=CC(=O)C=C[C@]4(C)C3=CCC2(C)C1C(=O)CO. The maximum atomic E-state index is 12.4. The Hall–Kier alpha value is -1.48. The molecular formula is C22H28O3. The van der Waals surface area contributed by atoms with Crippen LogP contribution < -0.4 is 0 Å². The van der Waals surface area contributed by atoms with E-state index in [1.54, 1.807) is 6.08 Å². The summed E-state index contributed by atoms with van der Waals surface area (Å²) in [6.07, 6.45) is 12.0. The minimum Gasteiger partial charge on any atom is -0.389 e. The first-order chi connectivity index (χ1) is 11.8. The summed E-state index contributed by atoms with van der Waals surface area (Å²) < 4.78 is 0. The molecule has 4 aliphatic rings. The van der Waals surface area contributed by atoms with Crippen molar-refractivity contribution in [2.75, 3.05) is 6.61 Å². The third kappa shape index (κ3) is 2.21. The van der Waals surface area contributed by atoms with Crippen LogP contribution in [0.3, 0.4) is 0 Å². The highest BCUT2D eigenvalue weighted by molar-refractivity contribution is 6.01. The monoisotopic (exact) mass is 340 g/mol. The second-order valence-corrected chi connectivity index (χ2v) is 9.04. The van der Waals surface area contributed by atoms with Gasteiger partial charge in [-0.2, -0.15) is 0 Å². The summed E-state index contributed by atoms with van der Waals surface area (Å²) >= 11 is 0. The molecule has 0 aromatic heterocycles. The molecule has 25 heavy (non-hydrogen) atoms. The van der Waals surface area contributed by atoms with Crippen LogP contribution in [-0.2, 0) is 9.59 Å². The predicted molar refractivity (Wildman–Crippen MR) is 96.7 cm³/mol. The van der Waals surface area contributed by atoms with Gasteiger partial charge in [0.05, 0.1) is 0 Å². The van der Waals surface area contributed by atoms with Crippen molar-refractivity contribution in [3.8, 4) is 0 Å². The van der Waals surface area contributed by atoms with Gasteiger partial charge >= 0.3 is 0 Å². The molecule has 0 bridgehead atoms. The van der Waals surface area contributed by atoms with Crippen molar-refractivity contribution >= 4 is 11.6 Å². The number of rotatable bonds is 2. The Morgan fingerprint density at radius 3 is 2.84 bits per heavy atom. The van der Waals surface area contributed by atoms with Gasteiger partial charge in [0.15, 0.2) is 11.6 Å². The Balaban J connectivity index is 1.75. The first kappa shape index (κ1) is 17.0. The number of hydrogen-bond acceptors (Lipinski definition) is 3. The topological polar surface area (TPSA) is 54.4 Å². The highest BCUT2D eigenvalue weighted by Gasteiger charge is 2.59. The molecule has 0 heterocycles. The largest absolute Gasteiger partial charge is 0.389 e. The van der Waals surface area contributed by atoms with E-state index in [9.17, 15) is 14.7 Å². The first-order valence-corrected chi connectivity index (χ1v) is 9.59. The second kappa shape index (κ2) is 5.51. The van der Waals surface area contributed by atoms with Crippen molar-refractivity contribution in [3.63, 3.8) is 0 Å². The van der Waals surface area contributed by atoms with Gasteiger partial charge in [-0.25, -0.2) is 0 Å². The van der Waals surface area contributed by atoms with Crippen LogP contribution in [0.5, 0.6) is 0 Å². The molecule has 0 saturated heterocycles. The van der Waals surface area contributed by atoms with Crippen LogP contribution in [0, 0.1) is 34.5 Å². The van der Waals surface area contributed by atoms with Gasteiger partial charge < -0.3 is 5.11 Å². The van der Waals surface area contributed by atoms with Gasteiger partial charge in [-0.3, -0.25) is 9.59 Å². The zero-order chi connectivity index (χ0) is 18.0. The number of aliphatic hydroxyl groups excluding tert-OH is 1. The molecule has 2 fully saturated rings. The van der Waals surface area contributed by atoms with E-state index in [1.807, 2.05) is 6.08 Å². The second-order valence-electron chi connectivity index (χ2n) is 9.04. The normalized spacial score (nSPS) is 45.2. The summed E-state index contributed by atoms with van der Waals surface area (Å²) in [5.41, 5.74) is 2.54. The van der Waals surface area contributed by atoms with E-state index in [2.05, 4.69) is 32.9 Å². The zero-order valence-corrected chi connectivity index (χ0v) is 15.4. The smallest absolute Gasteiger partial charge is 0.178 e. The number of carbonyl (C=O) groups excluding carboxylic acids is 2. The molecule has 3 nitrogen and oxygen atoms in total. The number of Topliss-reactive ketones (excluding diaryl/α,β-unsaturated/α-hetero) is 1. The van der Waals surface area contributed by atoms with Gasteiger partial charge in [-0.15, -0.1) is 0 Å². The number of carbonyl (C=O) groups is 2. The van der Waals surface area contributed by atoms with Crippen molar-refractivity contribution in [2.45, 2.75) is 46.5 Å². The van der Waals surface area contributed by atoms with Gasteiger partial charge in [0.2, 0.25) is 0 Å². The van der Waals surface area contributed by atoms with Gasteiger partial charge in [0.25, 0.3) is 0 Å². The molecule has 0 spiro atoms. The van der Waals surface area contributed by atoms with E-state index >= 15 is 0 Å². The standard InChI is InChI=1S/C22H28O3/c1-13-10-18-16-5-4-14-11-15(24)6-8-21(14,2)17(16)7-9-22(18,3)20(13)19(25)12-23/h6-8,11,13,16,18,20,23H,4-5,9-10,12H2,1-3H3/t13-,16?,18?,20?,21-,22?/m0/s1. The van der Waals surface area contributed by atoms with Crippen LogP contribution in [0.2, 0.25) is 0 Å². The van der Waals surface area contributed by atoms with Crippen LogP contribution in [0.25, 0.3) is 0 Å². The van der Waals surface area contributed by atoms with E-state index < -0.39 is 0 Å². The predicted octanol–water partition coefficient (Wildman–Crippen LogP) is 3.64. The average Bonchev–Trinajstić information content (AvgIpc) is 2.85. The summed E-state index contributed by atoms with van der Waals surface area (Å²) in [5.74, 6) is 1.39. The molecule has 0 aromatic rings. The molecule has 6 atom stereocenters. The van der Waals surface area contributed by atoms with Gasteiger partial charge in [-0.1, -0.05) is 37.1 Å². The summed E-state index contributed by atoms with van der Waals surface area (Å²) in [4.78, 5) is 24.2. The fourth-order valence-corrected chi connectivity index (χ4v) is 6.67. The van der Waals surface area contributed by atoms with Crippen molar-refractivity contribution in [2.24, 2.45) is 34.5 Å². The maximum absolute atomic E-state index is 12.4. The number of hydrogen-bond donors (Lipinski definition) is 1. The minimum absolute atomic E-state index is 0.0140. The summed E-state index contributed by atoms with van der Waals surface area (Å²) in [7, 11) is 0. The third-order valence-electron chi connectivity index (χ3n) is 7.79. The lowest BCUT2D eigenvalue weighted by Crippen LogP contribution is -2.45. The molecule has 4 aliphatic carbocycles. The minimum atomic E-state index is -0.339. The number of ketones is 2. The lowest BCUT2D eigenvalue weighted by molar-refractivity contribution is -0.131. The number of fused-ring (bicyclic) bond motifs is 5. The van der Waals surface area contributed by atoms with Crippen molar-refractivity contribution in [3.05, 3.63) is 35.5 Å². The summed E-state index contributed by atoms with van der Waals surface area (Å²) in [5, 5.41) is 9.46. The number of allylic oxidation sites excluding steroid dienone is 6. The average molecular weight is 340 g/mol. The van der Waals surface area contributed by atoms with Crippen LogP contribution in [0.1, 0.15) is 46.5 Å². The van der Waals surface area contributed by atoms with Crippen LogP contribution in [0.4, 0.5) is 0 Å². The maximum Gasteiger partial charge on any atom is 0.178 e. The van der Waals surface area contributed by atoms with E-state index in [1.165, 1.54) is 11.1 Å². The fraction of sp³-hybridized carbons (Fsp3) is 0.636. The molecule has 1 N–H and O–H groups in total. The number of aliphatic hydroxyl groups is 1. The van der Waals surface area contributed by atoms with Gasteiger partial charge in [-0.05, 0) is 67.9 Å². The van der Waals surface area contributed by atoms with Crippen LogP contribution in [-0.4, -0.2) is 23.3 Å². The molecule has 3 heteroatoms. The van der Waals surface area contributed by atoms with E-state index in [4.69, 9.17) is 0 Å². The quantitative estimate of drug-likeness (QED) is 0.781. The third-order valence-corrected chi connectivity index (χ3v) is 7.79. The van der Waals surface area contributed by atoms with Gasteiger partial charge in [0, 0.05) is 11.3 Å². The Morgan fingerprint density at radius 2 is 2.12 bits per heavy atom. The van der Waals surface area contributed by atoms with Crippen LogP contribution >= 0.6 is 0 Å². The zero-order valence-electron chi connectivity index (χ0n) is 15.4. The van der Waals surface area contributed by atoms with Crippen molar-refractivity contribution < 1.29 is 14.7 Å². The van der Waals surface area contributed by atoms with Crippen LogP contribution in [0.15, 0.2) is 35.5 Å².